The highest BCUT2D eigenvalue weighted by Gasteiger charge is 2.15. The molecule has 0 unspecified atom stereocenters. The van der Waals surface area contributed by atoms with Crippen LogP contribution >= 0.6 is 11.3 Å². The summed E-state index contributed by atoms with van der Waals surface area (Å²) in [5, 5.41) is 14.9. The summed E-state index contributed by atoms with van der Waals surface area (Å²) in [7, 11) is 0. The second-order valence-corrected chi connectivity index (χ2v) is 6.61. The monoisotopic (exact) mass is 347 g/mol. The topological polar surface area (TPSA) is 58.6 Å². The van der Waals surface area contributed by atoms with Gasteiger partial charge in [0.05, 0.1) is 0 Å². The summed E-state index contributed by atoms with van der Waals surface area (Å²) in [4.78, 5) is 13.0. The smallest absolute Gasteiger partial charge is 0.176 e. The van der Waals surface area contributed by atoms with Crippen molar-refractivity contribution in [1.82, 2.24) is 5.32 Å². The predicted molar refractivity (Wildman–Crippen MR) is 98.1 cm³/mol. The van der Waals surface area contributed by atoms with Gasteiger partial charge in [-0.25, -0.2) is 0 Å². The van der Waals surface area contributed by atoms with Crippen molar-refractivity contribution in [2.45, 2.75) is 32.3 Å². The third kappa shape index (κ3) is 6.07. The number of Topliss-reactive ketones (excluding diaryl/α,β-unsaturated/α-hetero) is 1. The normalized spacial score (nSPS) is 12.1. The van der Waals surface area contributed by atoms with Crippen LogP contribution in [-0.4, -0.2) is 36.7 Å². The molecule has 2 aromatic rings. The van der Waals surface area contributed by atoms with E-state index < -0.39 is 6.10 Å². The van der Waals surface area contributed by atoms with E-state index in [1.165, 1.54) is 11.3 Å². The zero-order valence-electron chi connectivity index (χ0n) is 14.0. The van der Waals surface area contributed by atoms with E-state index in [2.05, 4.69) is 12.2 Å². The van der Waals surface area contributed by atoms with E-state index in [9.17, 15) is 9.90 Å². The maximum atomic E-state index is 12.4. The Balaban J connectivity index is 1.81. The molecule has 2 N–H and O–H groups in total. The largest absolute Gasteiger partial charge is 0.489 e. The molecule has 0 amide bonds. The number of rotatable bonds is 11. The van der Waals surface area contributed by atoms with Crippen LogP contribution in [0.2, 0.25) is 0 Å². The molecule has 0 saturated carbocycles. The molecular formula is C19H25NO3S. The fraction of sp³-hybridized carbons (Fsp3) is 0.421. The first-order valence-electron chi connectivity index (χ1n) is 8.37. The highest BCUT2D eigenvalue weighted by Crippen LogP contribution is 2.27. The van der Waals surface area contributed by atoms with Gasteiger partial charge in [-0.3, -0.25) is 4.79 Å². The van der Waals surface area contributed by atoms with Gasteiger partial charge in [-0.05, 0) is 36.4 Å². The third-order valence-corrected chi connectivity index (χ3v) is 4.54. The molecule has 0 fully saturated rings. The van der Waals surface area contributed by atoms with Crippen LogP contribution in [-0.2, 0) is 6.42 Å². The Hall–Kier alpha value is -1.69. The maximum Gasteiger partial charge on any atom is 0.176 e. The first-order valence-corrected chi connectivity index (χ1v) is 9.25. The van der Waals surface area contributed by atoms with Crippen molar-refractivity contribution in [3.8, 4) is 5.75 Å². The van der Waals surface area contributed by atoms with E-state index in [-0.39, 0.29) is 12.4 Å². The maximum absolute atomic E-state index is 12.4. The molecular weight excluding hydrogens is 322 g/mol. The van der Waals surface area contributed by atoms with E-state index in [0.717, 1.165) is 24.9 Å². The molecule has 0 spiro atoms. The van der Waals surface area contributed by atoms with Crippen molar-refractivity contribution >= 4 is 17.1 Å². The standard InChI is InChI=1S/C19H25NO3S/c1-2-11-20-13-16(21)14-23-18-10-12-24-19(18)17(22)9-8-15-6-4-3-5-7-15/h3-7,10,12,16,20-21H,2,8-9,11,13-14H2,1H3/t16-/m0/s1. The minimum atomic E-state index is -0.580. The van der Waals surface area contributed by atoms with Crippen molar-refractivity contribution in [3.05, 3.63) is 52.2 Å². The number of aryl methyl sites for hydroxylation is 1. The predicted octanol–water partition coefficient (Wildman–Crippen LogP) is 3.30. The molecule has 1 aromatic heterocycles. The van der Waals surface area contributed by atoms with Gasteiger partial charge in [-0.15, -0.1) is 11.3 Å². The summed E-state index contributed by atoms with van der Waals surface area (Å²) in [6, 6.07) is 11.8. The molecule has 2 rings (SSSR count). The van der Waals surface area contributed by atoms with Crippen LogP contribution in [0.25, 0.3) is 0 Å². The van der Waals surface area contributed by atoms with Crippen LogP contribution in [0.3, 0.4) is 0 Å². The number of thiophene rings is 1. The van der Waals surface area contributed by atoms with Gasteiger partial charge in [0.1, 0.15) is 23.3 Å². The lowest BCUT2D eigenvalue weighted by Crippen LogP contribution is -2.31. The van der Waals surface area contributed by atoms with Gasteiger partial charge in [0.2, 0.25) is 0 Å². The van der Waals surface area contributed by atoms with Crippen LogP contribution in [0.1, 0.15) is 35.0 Å². The SMILES string of the molecule is CCCNC[C@H](O)COc1ccsc1C(=O)CCc1ccccc1. The Morgan fingerprint density at radius 2 is 2.08 bits per heavy atom. The zero-order chi connectivity index (χ0) is 17.2. The quantitative estimate of drug-likeness (QED) is 0.484. The number of hydrogen-bond acceptors (Lipinski definition) is 5. The molecule has 1 atom stereocenters. The summed E-state index contributed by atoms with van der Waals surface area (Å²) in [6.45, 7) is 3.63. The average Bonchev–Trinajstić information content (AvgIpc) is 3.08. The van der Waals surface area contributed by atoms with Gasteiger partial charge in [0, 0.05) is 13.0 Å². The van der Waals surface area contributed by atoms with Gasteiger partial charge >= 0.3 is 0 Å². The molecule has 5 heteroatoms. The number of carbonyl (C=O) groups excluding carboxylic acids is 1. The molecule has 0 radical (unpaired) electrons. The Bertz CT molecular complexity index is 612. The van der Waals surface area contributed by atoms with E-state index in [4.69, 9.17) is 4.74 Å². The molecule has 24 heavy (non-hydrogen) atoms. The molecule has 0 aliphatic heterocycles. The van der Waals surface area contributed by atoms with Crippen LogP contribution in [0.4, 0.5) is 0 Å². The number of hydrogen-bond donors (Lipinski definition) is 2. The molecule has 130 valence electrons. The second kappa shape index (κ2) is 10.2. The Labute approximate surface area is 147 Å². The minimum Gasteiger partial charge on any atom is -0.489 e. The molecule has 0 saturated heterocycles. The van der Waals surface area contributed by atoms with Crippen molar-refractivity contribution < 1.29 is 14.6 Å². The van der Waals surface area contributed by atoms with Crippen molar-refractivity contribution in [1.29, 1.82) is 0 Å². The number of aliphatic hydroxyl groups is 1. The van der Waals surface area contributed by atoms with Crippen molar-refractivity contribution in [2.75, 3.05) is 19.7 Å². The number of ether oxygens (including phenoxy) is 1. The Kier molecular flexibility index (Phi) is 7.95. The molecule has 1 heterocycles. The van der Waals surface area contributed by atoms with Crippen molar-refractivity contribution in [2.24, 2.45) is 0 Å². The van der Waals surface area contributed by atoms with Gasteiger partial charge in [-0.1, -0.05) is 37.3 Å². The summed E-state index contributed by atoms with van der Waals surface area (Å²) < 4.78 is 5.64. The van der Waals surface area contributed by atoms with Gasteiger partial charge < -0.3 is 15.2 Å². The summed E-state index contributed by atoms with van der Waals surface area (Å²) in [5.74, 6) is 0.662. The van der Waals surface area contributed by atoms with Crippen LogP contribution < -0.4 is 10.1 Å². The summed E-state index contributed by atoms with van der Waals surface area (Å²) in [5.41, 5.74) is 1.15. The van der Waals surface area contributed by atoms with E-state index in [1.54, 1.807) is 6.07 Å². The first-order chi connectivity index (χ1) is 11.7. The van der Waals surface area contributed by atoms with E-state index in [0.29, 0.717) is 23.6 Å². The lowest BCUT2D eigenvalue weighted by molar-refractivity contribution is 0.0957. The summed E-state index contributed by atoms with van der Waals surface area (Å²) >= 11 is 1.39. The molecule has 0 aliphatic carbocycles. The molecule has 4 nitrogen and oxygen atoms in total. The number of nitrogens with one attached hydrogen (secondary N) is 1. The van der Waals surface area contributed by atoms with Crippen LogP contribution in [0.15, 0.2) is 41.8 Å². The fourth-order valence-corrected chi connectivity index (χ4v) is 3.13. The fourth-order valence-electron chi connectivity index (χ4n) is 2.32. The third-order valence-electron chi connectivity index (χ3n) is 3.60. The average molecular weight is 347 g/mol. The number of carbonyl (C=O) groups is 1. The van der Waals surface area contributed by atoms with Crippen molar-refractivity contribution in [3.63, 3.8) is 0 Å². The number of aliphatic hydroxyl groups excluding tert-OH is 1. The molecule has 0 aliphatic rings. The molecule has 1 aromatic carbocycles. The zero-order valence-corrected chi connectivity index (χ0v) is 14.8. The van der Waals surface area contributed by atoms with E-state index >= 15 is 0 Å². The van der Waals surface area contributed by atoms with Crippen LogP contribution in [0.5, 0.6) is 5.75 Å². The Morgan fingerprint density at radius 3 is 2.83 bits per heavy atom. The number of benzene rings is 1. The van der Waals surface area contributed by atoms with Gasteiger partial charge in [0.25, 0.3) is 0 Å². The minimum absolute atomic E-state index is 0.0856. The first kappa shape index (κ1) is 18.6. The molecule has 0 bridgehead atoms. The second-order valence-electron chi connectivity index (χ2n) is 5.69. The lowest BCUT2D eigenvalue weighted by atomic mass is 10.1. The van der Waals surface area contributed by atoms with Gasteiger partial charge in [-0.2, -0.15) is 0 Å². The van der Waals surface area contributed by atoms with Gasteiger partial charge in [0.15, 0.2) is 5.78 Å². The number of ketones is 1. The van der Waals surface area contributed by atoms with E-state index in [1.807, 2.05) is 35.7 Å². The Morgan fingerprint density at radius 1 is 1.29 bits per heavy atom. The van der Waals surface area contributed by atoms with Crippen LogP contribution in [0, 0.1) is 0 Å². The summed E-state index contributed by atoms with van der Waals surface area (Å²) in [6.07, 6.45) is 1.63. The highest BCUT2D eigenvalue weighted by atomic mass is 32.1. The highest BCUT2D eigenvalue weighted by molar-refractivity contribution is 7.12. The lowest BCUT2D eigenvalue weighted by Gasteiger charge is -2.13.